The number of fused-ring (bicyclic) bond motifs is 4. The van der Waals surface area contributed by atoms with Gasteiger partial charge < -0.3 is 18.8 Å². The Hall–Kier alpha value is -3.34. The van der Waals surface area contributed by atoms with Gasteiger partial charge in [-0.3, -0.25) is 4.79 Å². The average Bonchev–Trinajstić information content (AvgIpc) is 3.40. The van der Waals surface area contributed by atoms with Crippen molar-refractivity contribution in [1.29, 1.82) is 0 Å². The van der Waals surface area contributed by atoms with Gasteiger partial charge in [0.25, 0.3) is 5.91 Å². The van der Waals surface area contributed by atoms with Crippen molar-refractivity contribution in [3.8, 4) is 5.75 Å². The van der Waals surface area contributed by atoms with Gasteiger partial charge in [0.15, 0.2) is 5.89 Å². The van der Waals surface area contributed by atoms with Gasteiger partial charge in [-0.15, -0.1) is 0 Å². The summed E-state index contributed by atoms with van der Waals surface area (Å²) in [5, 5.41) is -0.0762. The lowest BCUT2D eigenvalue weighted by Gasteiger charge is -2.50. The number of nitrogens with zero attached hydrogens (tertiary/aromatic N) is 2. The van der Waals surface area contributed by atoms with E-state index in [0.29, 0.717) is 44.2 Å². The maximum atomic E-state index is 13.6. The Bertz CT molecular complexity index is 1880. The largest absolute Gasteiger partial charge is 0.490 e. The van der Waals surface area contributed by atoms with Crippen LogP contribution in [0.15, 0.2) is 59.2 Å². The van der Waals surface area contributed by atoms with Crippen molar-refractivity contribution in [1.82, 2.24) is 9.71 Å². The van der Waals surface area contributed by atoms with Crippen LogP contribution in [0.1, 0.15) is 79.0 Å². The van der Waals surface area contributed by atoms with Crippen LogP contribution in [0.2, 0.25) is 5.02 Å². The molecule has 0 radical (unpaired) electrons. The molecule has 1 saturated carbocycles. The molecule has 2 aromatic carbocycles. The number of hydrogen-bond acceptors (Lipinski definition) is 8. The molecule has 1 amide bonds. The van der Waals surface area contributed by atoms with E-state index in [1.807, 2.05) is 32.1 Å². The van der Waals surface area contributed by atoms with Crippen LogP contribution in [0.5, 0.6) is 5.75 Å². The van der Waals surface area contributed by atoms with Crippen LogP contribution in [0.25, 0.3) is 0 Å². The van der Waals surface area contributed by atoms with E-state index >= 15 is 0 Å². The van der Waals surface area contributed by atoms with Crippen LogP contribution in [-0.4, -0.2) is 57.0 Å². The zero-order valence-corrected chi connectivity index (χ0v) is 30.3. The Morgan fingerprint density at radius 1 is 1.16 bits per heavy atom. The molecule has 4 aliphatic rings. The van der Waals surface area contributed by atoms with E-state index < -0.39 is 26.8 Å². The molecule has 0 unspecified atom stereocenters. The molecule has 1 fully saturated rings. The Kier molecular flexibility index (Phi) is 9.11. The van der Waals surface area contributed by atoms with Crippen LogP contribution in [0.4, 0.5) is 5.69 Å². The maximum Gasteiger partial charge on any atom is 0.264 e. The number of hydrogen-bond donors (Lipinski definition) is 1. The molecule has 11 heteroatoms. The number of anilines is 1. The first-order valence-corrected chi connectivity index (χ1v) is 19.3. The summed E-state index contributed by atoms with van der Waals surface area (Å²) in [7, 11) is -2.22. The molecule has 0 saturated heterocycles. The van der Waals surface area contributed by atoms with Gasteiger partial charge in [0, 0.05) is 36.2 Å². The smallest absolute Gasteiger partial charge is 0.264 e. The number of carbonyl (C=O) groups is 1. The lowest BCUT2D eigenvalue weighted by molar-refractivity contribution is -0.0776. The molecule has 262 valence electrons. The van der Waals surface area contributed by atoms with E-state index in [9.17, 15) is 13.2 Å². The number of allylic oxidation sites excluding steroid dienone is 1. The van der Waals surface area contributed by atoms with Gasteiger partial charge in [0.2, 0.25) is 10.0 Å². The van der Waals surface area contributed by atoms with Crippen molar-refractivity contribution in [2.75, 3.05) is 31.7 Å². The summed E-state index contributed by atoms with van der Waals surface area (Å²) in [4.78, 5) is 20.6. The van der Waals surface area contributed by atoms with E-state index in [4.69, 9.17) is 25.5 Å². The third-order valence-electron chi connectivity index (χ3n) is 11.7. The molecule has 3 heterocycles. The molecule has 1 N–H and O–H groups in total. The highest BCUT2D eigenvalue weighted by molar-refractivity contribution is 7.90. The number of aromatic nitrogens is 1. The molecule has 3 aromatic rings. The topological polar surface area (TPSA) is 111 Å². The highest BCUT2D eigenvalue weighted by atomic mass is 35.5. The third-order valence-corrected chi connectivity index (χ3v) is 13.9. The number of nitrogens with one attached hydrogen (secondary N) is 1. The fourth-order valence-electron chi connectivity index (χ4n) is 8.56. The second-order valence-corrected chi connectivity index (χ2v) is 17.2. The SMILES string of the molecule is CO[C@@]1(Cc2nc(C)co2)/C=C\C[C@H](C)[C@@H](C)S(=O)(=O)NC(=O)c2ccc3c(c2)N(C[C@@H]2CC[C@H]21)C[C@@]1(CCCc2cc(Cl)ccc21)CO3. The maximum absolute atomic E-state index is 13.6. The fourth-order valence-corrected chi connectivity index (χ4v) is 10.0. The minimum absolute atomic E-state index is 0.151. The molecular formula is C38H46ClN3O6S. The van der Waals surface area contributed by atoms with Crippen LogP contribution in [0.3, 0.4) is 0 Å². The molecular weight excluding hydrogens is 662 g/mol. The summed E-state index contributed by atoms with van der Waals surface area (Å²) >= 11 is 6.46. The van der Waals surface area contributed by atoms with E-state index in [1.54, 1.807) is 32.4 Å². The minimum atomic E-state index is -3.97. The zero-order valence-electron chi connectivity index (χ0n) is 28.7. The first kappa shape index (κ1) is 34.1. The predicted octanol–water partition coefficient (Wildman–Crippen LogP) is 6.81. The second-order valence-electron chi connectivity index (χ2n) is 14.7. The second kappa shape index (κ2) is 13.1. The third kappa shape index (κ3) is 6.40. The molecule has 2 aliphatic heterocycles. The summed E-state index contributed by atoms with van der Waals surface area (Å²) in [6, 6.07) is 11.5. The van der Waals surface area contributed by atoms with Gasteiger partial charge >= 0.3 is 0 Å². The quantitative estimate of drug-likeness (QED) is 0.296. The number of benzene rings is 2. The predicted molar refractivity (Wildman–Crippen MR) is 190 cm³/mol. The number of ether oxygens (including phenoxy) is 2. The average molecular weight is 708 g/mol. The molecule has 1 spiro atoms. The minimum Gasteiger partial charge on any atom is -0.490 e. The van der Waals surface area contributed by atoms with Crippen LogP contribution >= 0.6 is 11.6 Å². The summed E-state index contributed by atoms with van der Waals surface area (Å²) in [6.07, 6.45) is 11.7. The Balaban J connectivity index is 1.34. The Morgan fingerprint density at radius 2 is 2.00 bits per heavy atom. The van der Waals surface area contributed by atoms with E-state index in [-0.39, 0.29) is 28.7 Å². The van der Waals surface area contributed by atoms with Crippen molar-refractivity contribution in [3.63, 3.8) is 0 Å². The van der Waals surface area contributed by atoms with Crippen molar-refractivity contribution in [2.45, 2.75) is 82.0 Å². The lowest BCUT2D eigenvalue weighted by atomic mass is 9.63. The van der Waals surface area contributed by atoms with E-state index in [1.165, 1.54) is 11.1 Å². The highest BCUT2D eigenvalue weighted by Crippen LogP contribution is 2.49. The van der Waals surface area contributed by atoms with E-state index in [0.717, 1.165) is 48.5 Å². The van der Waals surface area contributed by atoms with Crippen molar-refractivity contribution >= 4 is 33.2 Å². The number of rotatable bonds is 3. The number of oxazole rings is 1. The molecule has 2 bridgehead atoms. The molecule has 6 atom stereocenters. The monoisotopic (exact) mass is 707 g/mol. The summed E-state index contributed by atoms with van der Waals surface area (Å²) in [6.45, 7) is 7.35. The van der Waals surface area contributed by atoms with Gasteiger partial charge in [0.1, 0.15) is 12.0 Å². The highest BCUT2D eigenvalue weighted by Gasteiger charge is 2.50. The number of amides is 1. The zero-order chi connectivity index (χ0) is 34.6. The lowest BCUT2D eigenvalue weighted by Crippen LogP contribution is -2.54. The van der Waals surface area contributed by atoms with Crippen molar-refractivity contribution in [2.24, 2.45) is 17.8 Å². The van der Waals surface area contributed by atoms with Crippen molar-refractivity contribution < 1.29 is 27.1 Å². The first-order chi connectivity index (χ1) is 23.4. The summed E-state index contributed by atoms with van der Waals surface area (Å²) in [5.41, 5.74) is 3.41. The van der Waals surface area contributed by atoms with Crippen LogP contribution in [-0.2, 0) is 33.0 Å². The number of halogens is 1. The van der Waals surface area contributed by atoms with Crippen LogP contribution < -0.4 is 14.4 Å². The molecule has 49 heavy (non-hydrogen) atoms. The Morgan fingerprint density at radius 3 is 2.73 bits per heavy atom. The van der Waals surface area contributed by atoms with Gasteiger partial charge in [-0.1, -0.05) is 36.7 Å². The van der Waals surface area contributed by atoms with Gasteiger partial charge in [-0.05, 0) is 112 Å². The normalized spacial score (nSPS) is 31.8. The number of methoxy groups -OCH3 is 1. The molecule has 7 rings (SSSR count). The van der Waals surface area contributed by atoms with Crippen LogP contribution in [0, 0.1) is 24.7 Å². The Labute approximate surface area is 294 Å². The standard InChI is InChI=1S/C38H46ClN3O6S/c1-24-7-5-16-38(46-4,19-35-40-25(2)21-47-35)32-12-9-29(32)20-42-22-37(15-6-8-27-17-30(39)11-13-31(27)37)23-48-34-14-10-28(18-33(34)42)36(43)41-49(44,45)26(24)3/h5,10-11,13-14,16-18,21,24,26,29,32H,6-9,12,15,19-20,22-23H2,1-4H3,(H,41,43)/b16-5-/t24-,26+,29-,32+,37-,38+/m0/s1. The van der Waals surface area contributed by atoms with Gasteiger partial charge in [-0.25, -0.2) is 18.1 Å². The van der Waals surface area contributed by atoms with Crippen molar-refractivity contribution in [3.05, 3.63) is 88.1 Å². The molecule has 9 nitrogen and oxygen atoms in total. The number of sulfonamides is 1. The number of aryl methyl sites for hydroxylation is 2. The summed E-state index contributed by atoms with van der Waals surface area (Å²) < 4.78 is 48.3. The molecule has 1 aromatic heterocycles. The van der Waals surface area contributed by atoms with Gasteiger partial charge in [0.05, 0.1) is 35.3 Å². The molecule has 2 aliphatic carbocycles. The van der Waals surface area contributed by atoms with Gasteiger partial charge in [-0.2, -0.15) is 0 Å². The first-order valence-electron chi connectivity index (χ1n) is 17.4. The number of carbonyl (C=O) groups excluding carboxylic acids is 1. The van der Waals surface area contributed by atoms with E-state index in [2.05, 4.69) is 32.8 Å². The summed E-state index contributed by atoms with van der Waals surface area (Å²) in [5.74, 6) is 0.819. The fraction of sp³-hybridized carbons (Fsp3) is 0.526.